The molecule has 0 radical (unpaired) electrons. The summed E-state index contributed by atoms with van der Waals surface area (Å²) in [5.74, 6) is -0.593. The van der Waals surface area contributed by atoms with Gasteiger partial charge in [0, 0.05) is 23.8 Å². The summed E-state index contributed by atoms with van der Waals surface area (Å²) in [5.41, 5.74) is 1.37. The molecule has 1 N–H and O–H groups in total. The Morgan fingerprint density at radius 3 is 2.11 bits per heavy atom. The third kappa shape index (κ3) is 6.37. The minimum absolute atomic E-state index is 0.0348. The number of sulfonamides is 2. The van der Waals surface area contributed by atoms with Gasteiger partial charge in [-0.05, 0) is 73.9 Å². The van der Waals surface area contributed by atoms with Gasteiger partial charge in [0.2, 0.25) is 15.9 Å². The van der Waals surface area contributed by atoms with Gasteiger partial charge in [0.15, 0.2) is 0 Å². The smallest absolute Gasteiger partial charge is 0.264 e. The van der Waals surface area contributed by atoms with E-state index >= 15 is 0 Å². The Labute approximate surface area is 229 Å². The Kier molecular flexibility index (Phi) is 8.77. The van der Waals surface area contributed by atoms with Gasteiger partial charge in [0.05, 0.1) is 15.5 Å². The number of halogens is 1. The predicted molar refractivity (Wildman–Crippen MR) is 149 cm³/mol. The Balaban J connectivity index is 1.54. The molecular formula is C27H30ClN3O5S2. The highest BCUT2D eigenvalue weighted by Gasteiger charge is 2.28. The van der Waals surface area contributed by atoms with Crippen LogP contribution >= 0.6 is 11.6 Å². The van der Waals surface area contributed by atoms with E-state index in [-0.39, 0.29) is 15.5 Å². The van der Waals surface area contributed by atoms with Crippen LogP contribution in [0.5, 0.6) is 0 Å². The molecule has 0 aliphatic carbocycles. The quantitative estimate of drug-likeness (QED) is 0.405. The minimum Gasteiger partial charge on any atom is -0.325 e. The lowest BCUT2D eigenvalue weighted by molar-refractivity contribution is -0.114. The lowest BCUT2D eigenvalue weighted by Crippen LogP contribution is -2.38. The zero-order valence-electron chi connectivity index (χ0n) is 21.0. The van der Waals surface area contributed by atoms with Crippen LogP contribution in [0.2, 0.25) is 5.02 Å². The molecule has 3 aromatic rings. The number of nitrogens with one attached hydrogen (secondary N) is 1. The third-order valence-corrected chi connectivity index (χ3v) is 10.5. The van der Waals surface area contributed by atoms with Crippen molar-refractivity contribution < 1.29 is 21.6 Å². The summed E-state index contributed by atoms with van der Waals surface area (Å²) in [6, 6.07) is 18.5. The van der Waals surface area contributed by atoms with Gasteiger partial charge in [-0.1, -0.05) is 48.7 Å². The monoisotopic (exact) mass is 575 g/mol. The van der Waals surface area contributed by atoms with E-state index in [1.54, 1.807) is 37.3 Å². The van der Waals surface area contributed by atoms with Gasteiger partial charge in [-0.2, -0.15) is 4.31 Å². The van der Waals surface area contributed by atoms with E-state index < -0.39 is 32.5 Å². The number of anilines is 2. The van der Waals surface area contributed by atoms with Gasteiger partial charge in [-0.15, -0.1) is 0 Å². The van der Waals surface area contributed by atoms with Crippen LogP contribution < -0.4 is 9.62 Å². The molecule has 0 atom stereocenters. The number of amides is 1. The first-order valence-corrected chi connectivity index (χ1v) is 15.6. The Morgan fingerprint density at radius 1 is 0.868 bits per heavy atom. The molecule has 1 amide bonds. The van der Waals surface area contributed by atoms with Gasteiger partial charge < -0.3 is 5.32 Å². The SMILES string of the molecule is Cc1ccc(N(CC(=O)Nc2ccc(S(=O)(=O)N3CCCCCC3)cc2)S(=O)(=O)c2ccccc2)cc1Cl. The molecule has 1 saturated heterocycles. The molecule has 11 heteroatoms. The first-order valence-electron chi connectivity index (χ1n) is 12.3. The second-order valence-corrected chi connectivity index (χ2v) is 13.4. The Bertz CT molecular complexity index is 1490. The van der Waals surface area contributed by atoms with Gasteiger partial charge in [-0.25, -0.2) is 16.8 Å². The lowest BCUT2D eigenvalue weighted by Gasteiger charge is -2.24. The van der Waals surface area contributed by atoms with Crippen LogP contribution in [0, 0.1) is 6.92 Å². The molecule has 0 spiro atoms. The van der Waals surface area contributed by atoms with E-state index in [4.69, 9.17) is 11.6 Å². The highest BCUT2D eigenvalue weighted by atomic mass is 35.5. The zero-order valence-corrected chi connectivity index (χ0v) is 23.4. The summed E-state index contributed by atoms with van der Waals surface area (Å²) in [5, 5.41) is 3.05. The van der Waals surface area contributed by atoms with Gasteiger partial charge in [-0.3, -0.25) is 9.10 Å². The van der Waals surface area contributed by atoms with E-state index in [0.717, 1.165) is 35.6 Å². The van der Waals surface area contributed by atoms with Crippen LogP contribution in [-0.2, 0) is 24.8 Å². The normalized spacial score (nSPS) is 15.0. The average molecular weight is 576 g/mol. The second-order valence-electron chi connectivity index (χ2n) is 9.15. The van der Waals surface area contributed by atoms with Crippen LogP contribution in [0.25, 0.3) is 0 Å². The van der Waals surface area contributed by atoms with Crippen molar-refractivity contribution in [3.8, 4) is 0 Å². The minimum atomic E-state index is -4.08. The molecule has 202 valence electrons. The molecular weight excluding hydrogens is 546 g/mol. The van der Waals surface area contributed by atoms with Crippen LogP contribution in [0.4, 0.5) is 11.4 Å². The Morgan fingerprint density at radius 2 is 1.50 bits per heavy atom. The molecule has 0 aromatic heterocycles. The van der Waals surface area contributed by atoms with E-state index in [1.807, 2.05) is 0 Å². The molecule has 0 unspecified atom stereocenters. The standard InChI is InChI=1S/C27H30ClN3O5S2/c1-21-11-14-23(19-26(21)28)31(38(35,36)24-9-5-4-6-10-24)20-27(32)29-22-12-15-25(16-13-22)37(33,34)30-17-7-2-3-8-18-30/h4-6,9-16,19H,2-3,7-8,17-18,20H2,1H3,(H,29,32). The summed E-state index contributed by atoms with van der Waals surface area (Å²) in [6.07, 6.45) is 3.70. The van der Waals surface area contributed by atoms with Gasteiger partial charge in [0.1, 0.15) is 6.54 Å². The molecule has 4 rings (SSSR count). The maximum absolute atomic E-state index is 13.5. The van der Waals surface area contributed by atoms with Crippen molar-refractivity contribution in [1.82, 2.24) is 4.31 Å². The third-order valence-electron chi connectivity index (χ3n) is 6.40. The van der Waals surface area contributed by atoms with Crippen molar-refractivity contribution in [2.75, 3.05) is 29.3 Å². The second kappa shape index (κ2) is 11.9. The van der Waals surface area contributed by atoms with Crippen LogP contribution in [-0.4, -0.2) is 46.7 Å². The maximum Gasteiger partial charge on any atom is 0.264 e. The fourth-order valence-corrected chi connectivity index (χ4v) is 7.37. The van der Waals surface area contributed by atoms with Crippen molar-refractivity contribution in [2.24, 2.45) is 0 Å². The molecule has 1 heterocycles. The zero-order chi connectivity index (χ0) is 27.3. The maximum atomic E-state index is 13.5. The van der Waals surface area contributed by atoms with E-state index in [2.05, 4.69) is 5.32 Å². The number of hydrogen-bond acceptors (Lipinski definition) is 5. The van der Waals surface area contributed by atoms with Gasteiger partial charge in [0.25, 0.3) is 10.0 Å². The fourth-order valence-electron chi connectivity index (χ4n) is 4.24. The number of hydrogen-bond donors (Lipinski definition) is 1. The first-order chi connectivity index (χ1) is 18.1. The molecule has 0 bridgehead atoms. The van der Waals surface area contributed by atoms with Gasteiger partial charge >= 0.3 is 0 Å². The van der Waals surface area contributed by atoms with Crippen molar-refractivity contribution in [3.05, 3.63) is 83.4 Å². The average Bonchev–Trinajstić information content (AvgIpc) is 3.20. The van der Waals surface area contributed by atoms with E-state index in [1.165, 1.54) is 46.8 Å². The van der Waals surface area contributed by atoms with Crippen molar-refractivity contribution in [2.45, 2.75) is 42.4 Å². The van der Waals surface area contributed by atoms with Crippen molar-refractivity contribution in [3.63, 3.8) is 0 Å². The first kappa shape index (κ1) is 28.1. The predicted octanol–water partition coefficient (Wildman–Crippen LogP) is 5.05. The highest BCUT2D eigenvalue weighted by Crippen LogP contribution is 2.28. The molecule has 3 aromatic carbocycles. The highest BCUT2D eigenvalue weighted by molar-refractivity contribution is 7.92. The van der Waals surface area contributed by atoms with Crippen LogP contribution in [0.3, 0.4) is 0 Å². The number of carbonyl (C=O) groups is 1. The number of rotatable bonds is 8. The molecule has 1 fully saturated rings. The van der Waals surface area contributed by atoms with E-state index in [0.29, 0.717) is 23.8 Å². The molecule has 1 aliphatic rings. The molecule has 38 heavy (non-hydrogen) atoms. The summed E-state index contributed by atoms with van der Waals surface area (Å²) in [4.78, 5) is 13.2. The summed E-state index contributed by atoms with van der Waals surface area (Å²) >= 11 is 6.26. The number of aryl methyl sites for hydroxylation is 1. The summed E-state index contributed by atoms with van der Waals surface area (Å²) in [7, 11) is -7.71. The fraction of sp³-hybridized carbons (Fsp3) is 0.296. The van der Waals surface area contributed by atoms with E-state index in [9.17, 15) is 21.6 Å². The largest absolute Gasteiger partial charge is 0.325 e. The molecule has 0 saturated carbocycles. The van der Waals surface area contributed by atoms with Crippen molar-refractivity contribution in [1.29, 1.82) is 0 Å². The molecule has 8 nitrogen and oxygen atoms in total. The summed E-state index contributed by atoms with van der Waals surface area (Å²) in [6.45, 7) is 2.28. The topological polar surface area (TPSA) is 104 Å². The number of carbonyl (C=O) groups excluding carboxylic acids is 1. The van der Waals surface area contributed by atoms with Crippen LogP contribution in [0.1, 0.15) is 31.2 Å². The molecule has 1 aliphatic heterocycles. The lowest BCUT2D eigenvalue weighted by atomic mass is 10.2. The van der Waals surface area contributed by atoms with Crippen molar-refractivity contribution >= 4 is 48.9 Å². The number of benzene rings is 3. The number of nitrogens with zero attached hydrogens (tertiary/aromatic N) is 2. The Hall–Kier alpha value is -2.92. The summed E-state index contributed by atoms with van der Waals surface area (Å²) < 4.78 is 55.5. The van der Waals surface area contributed by atoms with Crippen LogP contribution in [0.15, 0.2) is 82.6 Å².